The lowest BCUT2D eigenvalue weighted by Gasteiger charge is -2.24. The summed E-state index contributed by atoms with van der Waals surface area (Å²) in [4.78, 5) is 27.7. The third-order valence-electron chi connectivity index (χ3n) is 6.04. The Labute approximate surface area is 228 Å². The molecule has 7 heteroatoms. The average Bonchev–Trinajstić information content (AvgIpc) is 3.53. The van der Waals surface area contributed by atoms with Crippen LogP contribution in [-0.2, 0) is 17.9 Å². The molecule has 3 aromatic carbocycles. The summed E-state index contributed by atoms with van der Waals surface area (Å²) in [6.07, 6.45) is 2.38. The summed E-state index contributed by atoms with van der Waals surface area (Å²) in [5.74, 6) is -0.0688. The van der Waals surface area contributed by atoms with Gasteiger partial charge in [0.05, 0.1) is 7.98 Å². The number of para-hydroxylation sites is 1. The molecule has 0 aliphatic heterocycles. The number of ether oxygens (including phenoxy) is 1. The smallest absolute Gasteiger partial charge is 0.254 e. The second kappa shape index (κ2) is 14.1. The summed E-state index contributed by atoms with van der Waals surface area (Å²) in [5.41, 5.74) is 4.75. The maximum Gasteiger partial charge on any atom is 0.254 e. The molecule has 0 saturated heterocycles. The zero-order valence-corrected chi connectivity index (χ0v) is 21.9. The Balaban J connectivity index is 1.51. The molecular formula is C31H32N2O4S. The van der Waals surface area contributed by atoms with Crippen LogP contribution < -0.4 is 10.2 Å². The number of hydroxylamine groups is 1. The van der Waals surface area contributed by atoms with Crippen molar-refractivity contribution in [3.05, 3.63) is 113 Å². The van der Waals surface area contributed by atoms with Gasteiger partial charge in [-0.1, -0.05) is 66.7 Å². The van der Waals surface area contributed by atoms with E-state index in [9.17, 15) is 9.59 Å². The van der Waals surface area contributed by atoms with Crippen LogP contribution in [0.4, 0.5) is 0 Å². The fraction of sp³-hybridized carbons (Fsp3) is 0.226. The highest BCUT2D eigenvalue weighted by atomic mass is 32.1. The fourth-order valence-electron chi connectivity index (χ4n) is 4.03. The topological polar surface area (TPSA) is 78.9 Å². The van der Waals surface area contributed by atoms with Crippen molar-refractivity contribution in [3.63, 3.8) is 0 Å². The highest BCUT2D eigenvalue weighted by Crippen LogP contribution is 2.26. The number of nitrogens with one attached hydrogen (secondary N) is 1. The number of rotatable bonds is 13. The highest BCUT2D eigenvalue weighted by molar-refractivity contribution is 7.13. The Morgan fingerprint density at radius 3 is 2.39 bits per heavy atom. The number of thiophene rings is 1. The summed E-state index contributed by atoms with van der Waals surface area (Å²) in [6, 6.07) is 28.6. The van der Waals surface area contributed by atoms with Gasteiger partial charge in [-0.2, -0.15) is 0 Å². The van der Waals surface area contributed by atoms with Gasteiger partial charge in [0, 0.05) is 35.5 Å². The number of carbonyl (C=O) groups is 2. The Bertz CT molecular complexity index is 1330. The van der Waals surface area contributed by atoms with E-state index in [1.165, 1.54) is 0 Å². The van der Waals surface area contributed by atoms with Crippen molar-refractivity contribution in [3.8, 4) is 16.2 Å². The van der Waals surface area contributed by atoms with Crippen LogP contribution in [0.3, 0.4) is 0 Å². The molecule has 6 nitrogen and oxygen atoms in total. The SMILES string of the molecule is [2H]C(c1ccccc1OCCCCCC(=O)NO)N(Cc1ccccc1)C(=O)c1ccc(-c2cccs2)cc1. The van der Waals surface area contributed by atoms with E-state index < -0.39 is 12.4 Å². The van der Waals surface area contributed by atoms with Gasteiger partial charge in [0.2, 0.25) is 5.91 Å². The molecule has 38 heavy (non-hydrogen) atoms. The first-order valence-corrected chi connectivity index (χ1v) is 13.5. The van der Waals surface area contributed by atoms with Crippen molar-refractivity contribution >= 4 is 23.2 Å². The Hall–Kier alpha value is -3.94. The third-order valence-corrected chi connectivity index (χ3v) is 6.96. The highest BCUT2D eigenvalue weighted by Gasteiger charge is 2.19. The molecule has 2 amide bonds. The molecule has 2 N–H and O–H groups in total. The Morgan fingerprint density at radius 1 is 0.895 bits per heavy atom. The molecule has 4 rings (SSSR count). The van der Waals surface area contributed by atoms with Gasteiger partial charge in [0.25, 0.3) is 5.91 Å². The molecule has 1 heterocycles. The molecule has 0 aliphatic carbocycles. The van der Waals surface area contributed by atoms with Gasteiger partial charge in [-0.3, -0.25) is 14.8 Å². The van der Waals surface area contributed by atoms with Crippen LogP contribution in [0, 0.1) is 0 Å². The fourth-order valence-corrected chi connectivity index (χ4v) is 4.76. The van der Waals surface area contributed by atoms with Crippen LogP contribution >= 0.6 is 11.3 Å². The molecule has 1 unspecified atom stereocenters. The Morgan fingerprint density at radius 2 is 1.66 bits per heavy atom. The normalized spacial score (nSPS) is 11.9. The zero-order valence-electron chi connectivity index (χ0n) is 22.1. The molecule has 0 saturated carbocycles. The summed E-state index contributed by atoms with van der Waals surface area (Å²) in [6.45, 7) is -0.289. The van der Waals surface area contributed by atoms with Gasteiger partial charge >= 0.3 is 0 Å². The predicted molar refractivity (Wildman–Crippen MR) is 150 cm³/mol. The lowest BCUT2D eigenvalue weighted by Crippen LogP contribution is -2.30. The molecule has 1 aromatic heterocycles. The first-order valence-electron chi connectivity index (χ1n) is 13.2. The van der Waals surface area contributed by atoms with E-state index >= 15 is 0 Å². The number of hydrogen-bond donors (Lipinski definition) is 2. The summed E-state index contributed by atoms with van der Waals surface area (Å²) in [5, 5.41) is 10.6. The van der Waals surface area contributed by atoms with Crippen LogP contribution in [-0.4, -0.2) is 28.5 Å². The van der Waals surface area contributed by atoms with Crippen LogP contribution in [0.25, 0.3) is 10.4 Å². The Kier molecular flexibility index (Phi) is 9.55. The monoisotopic (exact) mass is 529 g/mol. The summed E-state index contributed by atoms with van der Waals surface area (Å²) >= 11 is 1.65. The van der Waals surface area contributed by atoms with E-state index in [0.717, 1.165) is 28.8 Å². The molecule has 0 aliphatic rings. The molecule has 1 atom stereocenters. The van der Waals surface area contributed by atoms with E-state index in [0.29, 0.717) is 29.9 Å². The maximum absolute atomic E-state index is 13.8. The second-order valence-corrected chi connectivity index (χ2v) is 9.78. The largest absolute Gasteiger partial charge is 0.493 e. The lowest BCUT2D eigenvalue weighted by molar-refractivity contribution is -0.129. The van der Waals surface area contributed by atoms with E-state index in [4.69, 9.17) is 11.3 Å². The number of benzene rings is 3. The van der Waals surface area contributed by atoms with Crippen molar-refractivity contribution < 1.29 is 20.9 Å². The second-order valence-electron chi connectivity index (χ2n) is 8.83. The predicted octanol–water partition coefficient (Wildman–Crippen LogP) is 6.70. The molecule has 196 valence electrons. The van der Waals surface area contributed by atoms with E-state index in [-0.39, 0.29) is 18.9 Å². The zero-order chi connectivity index (χ0) is 27.5. The number of carbonyl (C=O) groups excluding carboxylic acids is 2. The van der Waals surface area contributed by atoms with Gasteiger partial charge in [-0.05, 0) is 60.0 Å². The van der Waals surface area contributed by atoms with Crippen molar-refractivity contribution in [1.82, 2.24) is 10.4 Å². The number of nitrogens with zero attached hydrogens (tertiary/aromatic N) is 1. The number of hydrogen-bond acceptors (Lipinski definition) is 5. The molecule has 0 spiro atoms. The molecule has 0 radical (unpaired) electrons. The van der Waals surface area contributed by atoms with Crippen LogP contribution in [0.5, 0.6) is 5.75 Å². The summed E-state index contributed by atoms with van der Waals surface area (Å²) < 4.78 is 15.2. The van der Waals surface area contributed by atoms with Gasteiger partial charge in [0.15, 0.2) is 0 Å². The van der Waals surface area contributed by atoms with E-state index in [1.54, 1.807) is 21.7 Å². The number of amides is 2. The molecule has 0 bridgehead atoms. The van der Waals surface area contributed by atoms with Gasteiger partial charge < -0.3 is 9.64 Å². The van der Waals surface area contributed by atoms with Crippen molar-refractivity contribution in [2.45, 2.75) is 38.7 Å². The van der Waals surface area contributed by atoms with Crippen molar-refractivity contribution in [2.75, 3.05) is 6.61 Å². The molecule has 4 aromatic rings. The molecular weight excluding hydrogens is 496 g/mol. The lowest BCUT2D eigenvalue weighted by atomic mass is 10.1. The van der Waals surface area contributed by atoms with Gasteiger partial charge in [-0.15, -0.1) is 11.3 Å². The summed E-state index contributed by atoms with van der Waals surface area (Å²) in [7, 11) is 0. The van der Waals surface area contributed by atoms with Crippen molar-refractivity contribution in [2.24, 2.45) is 0 Å². The van der Waals surface area contributed by atoms with Gasteiger partial charge in [-0.25, -0.2) is 5.48 Å². The minimum Gasteiger partial charge on any atom is -0.493 e. The van der Waals surface area contributed by atoms with Crippen LogP contribution in [0.1, 0.15) is 48.5 Å². The van der Waals surface area contributed by atoms with E-state index in [1.807, 2.05) is 96.4 Å². The third kappa shape index (κ3) is 7.78. The first-order chi connectivity index (χ1) is 19.1. The van der Waals surface area contributed by atoms with Gasteiger partial charge in [0.1, 0.15) is 5.75 Å². The van der Waals surface area contributed by atoms with Crippen LogP contribution in [0.15, 0.2) is 96.4 Å². The number of unbranched alkanes of at least 4 members (excludes halogenated alkanes) is 2. The minimum atomic E-state index is -0.987. The standard InChI is InChI=1S/C31H32N2O4S/c34-30(32-36)15-5-2-8-20-37-28-13-7-6-12-27(28)23-33(22-24-10-3-1-4-11-24)31(35)26-18-16-25(17-19-26)29-14-9-21-38-29/h1,3-4,6-7,9-14,16-19,21,36H,2,5,8,15,20,22-23H2,(H,32,34)/i23D. The minimum absolute atomic E-state index is 0.228. The van der Waals surface area contributed by atoms with Crippen molar-refractivity contribution in [1.29, 1.82) is 0 Å². The molecule has 0 fully saturated rings. The maximum atomic E-state index is 13.8. The quantitative estimate of drug-likeness (QED) is 0.115. The average molecular weight is 530 g/mol. The first kappa shape index (κ1) is 25.7. The van der Waals surface area contributed by atoms with Crippen LogP contribution in [0.2, 0.25) is 0 Å². The van der Waals surface area contributed by atoms with E-state index in [2.05, 4.69) is 0 Å².